The van der Waals surface area contributed by atoms with Gasteiger partial charge in [-0.3, -0.25) is 14.5 Å². The number of carboxylic acids is 1. The Morgan fingerprint density at radius 1 is 1.15 bits per heavy atom. The minimum Gasteiger partial charge on any atom is -0.477 e. The van der Waals surface area contributed by atoms with Gasteiger partial charge >= 0.3 is 11.7 Å². The molecule has 0 aliphatic carbocycles. The average Bonchev–Trinajstić information content (AvgIpc) is 2.84. The third-order valence-corrected chi connectivity index (χ3v) is 4.74. The summed E-state index contributed by atoms with van der Waals surface area (Å²) >= 11 is 12.5. The van der Waals surface area contributed by atoms with Gasteiger partial charge in [0.1, 0.15) is 0 Å². The van der Waals surface area contributed by atoms with Crippen molar-refractivity contribution in [2.75, 3.05) is 0 Å². The lowest BCUT2D eigenvalue weighted by atomic mass is 10.0. The van der Waals surface area contributed by atoms with E-state index in [-0.39, 0.29) is 17.9 Å². The highest BCUT2D eigenvalue weighted by molar-refractivity contribution is 6.36. The van der Waals surface area contributed by atoms with Gasteiger partial charge < -0.3 is 5.11 Å². The lowest BCUT2D eigenvalue weighted by Gasteiger charge is -2.12. The molecule has 4 rings (SSSR count). The van der Waals surface area contributed by atoms with Crippen LogP contribution in [0.4, 0.5) is 0 Å². The number of aliphatic imine (C=N–C) groups is 1. The van der Waals surface area contributed by atoms with Gasteiger partial charge in [-0.15, -0.1) is 0 Å². The van der Waals surface area contributed by atoms with Crippen LogP contribution >= 0.6 is 23.2 Å². The molecule has 2 aromatic carbocycles. The first-order valence-corrected chi connectivity index (χ1v) is 8.40. The summed E-state index contributed by atoms with van der Waals surface area (Å²) in [5.41, 5.74) is 1.87. The predicted molar refractivity (Wildman–Crippen MR) is 99.2 cm³/mol. The molecule has 0 amide bonds. The number of aromatic carboxylic acids is 1. The molecule has 1 aliphatic rings. The number of hydrogen-bond donors (Lipinski definition) is 2. The SMILES string of the molecule is O=C(O)c1[nH]c(=O)n2c1CN=C(c1ccccc1Cl)c1cc(Cl)ccc1-2. The zero-order valence-electron chi connectivity index (χ0n) is 13.2. The Morgan fingerprint density at radius 3 is 2.65 bits per heavy atom. The second kappa shape index (κ2) is 6.16. The number of H-pyrrole nitrogens is 1. The summed E-state index contributed by atoms with van der Waals surface area (Å²) in [7, 11) is 0. The first-order valence-electron chi connectivity index (χ1n) is 7.64. The summed E-state index contributed by atoms with van der Waals surface area (Å²) in [6.07, 6.45) is 0. The number of carbonyl (C=O) groups is 1. The molecule has 0 radical (unpaired) electrons. The quantitative estimate of drug-likeness (QED) is 0.704. The van der Waals surface area contributed by atoms with E-state index in [0.29, 0.717) is 32.6 Å². The summed E-state index contributed by atoms with van der Waals surface area (Å²) in [5, 5.41) is 10.4. The molecular formula is C18H11Cl2N3O3. The second-order valence-corrected chi connectivity index (χ2v) is 6.54. The van der Waals surface area contributed by atoms with E-state index in [9.17, 15) is 14.7 Å². The van der Waals surface area contributed by atoms with Gasteiger partial charge in [0.05, 0.1) is 23.6 Å². The van der Waals surface area contributed by atoms with Crippen molar-refractivity contribution in [2.24, 2.45) is 4.99 Å². The molecule has 2 heterocycles. The van der Waals surface area contributed by atoms with Crippen LogP contribution in [0.3, 0.4) is 0 Å². The minimum absolute atomic E-state index is 0.00717. The van der Waals surface area contributed by atoms with Crippen molar-refractivity contribution in [2.45, 2.75) is 6.54 Å². The van der Waals surface area contributed by atoms with E-state index < -0.39 is 11.7 Å². The number of halogens is 2. The van der Waals surface area contributed by atoms with Gasteiger partial charge in [-0.25, -0.2) is 9.59 Å². The highest BCUT2D eigenvalue weighted by atomic mass is 35.5. The van der Waals surface area contributed by atoms with Crippen molar-refractivity contribution in [1.29, 1.82) is 0 Å². The van der Waals surface area contributed by atoms with Gasteiger partial charge in [-0.1, -0.05) is 41.4 Å². The van der Waals surface area contributed by atoms with Gasteiger partial charge in [0.25, 0.3) is 0 Å². The Morgan fingerprint density at radius 2 is 1.92 bits per heavy atom. The fraction of sp³-hybridized carbons (Fsp3) is 0.0556. The molecule has 26 heavy (non-hydrogen) atoms. The molecule has 0 bridgehead atoms. The molecule has 2 N–H and O–H groups in total. The fourth-order valence-electron chi connectivity index (χ4n) is 3.07. The van der Waals surface area contributed by atoms with Crippen molar-refractivity contribution < 1.29 is 9.90 Å². The summed E-state index contributed by atoms with van der Waals surface area (Å²) in [6.45, 7) is 0.00717. The Hall–Kier alpha value is -2.83. The second-order valence-electron chi connectivity index (χ2n) is 5.70. The average molecular weight is 388 g/mol. The van der Waals surface area contributed by atoms with Crippen LogP contribution in [0, 0.1) is 0 Å². The molecule has 6 nitrogen and oxygen atoms in total. The van der Waals surface area contributed by atoms with Gasteiger partial charge in [0, 0.05) is 21.2 Å². The van der Waals surface area contributed by atoms with E-state index in [1.165, 1.54) is 4.57 Å². The van der Waals surface area contributed by atoms with Crippen molar-refractivity contribution in [3.63, 3.8) is 0 Å². The molecule has 0 spiro atoms. The van der Waals surface area contributed by atoms with Crippen LogP contribution in [0.15, 0.2) is 52.3 Å². The molecule has 0 fully saturated rings. The number of nitrogens with zero attached hydrogens (tertiary/aromatic N) is 2. The van der Waals surface area contributed by atoms with Crippen LogP contribution in [0.2, 0.25) is 10.0 Å². The Balaban J connectivity index is 2.07. The third kappa shape index (κ3) is 2.55. The van der Waals surface area contributed by atoms with Crippen molar-refractivity contribution >= 4 is 34.9 Å². The third-order valence-electron chi connectivity index (χ3n) is 4.18. The molecular weight excluding hydrogens is 377 g/mol. The maximum absolute atomic E-state index is 12.4. The maximum Gasteiger partial charge on any atom is 0.354 e. The Bertz CT molecular complexity index is 1140. The summed E-state index contributed by atoms with van der Waals surface area (Å²) < 4.78 is 1.32. The van der Waals surface area contributed by atoms with E-state index >= 15 is 0 Å². The van der Waals surface area contributed by atoms with E-state index in [4.69, 9.17) is 23.2 Å². The molecule has 0 atom stereocenters. The number of carboxylic acid groups (broad SMARTS) is 1. The van der Waals surface area contributed by atoms with Crippen LogP contribution < -0.4 is 5.69 Å². The normalized spacial score (nSPS) is 12.8. The number of fused-ring (bicyclic) bond motifs is 3. The summed E-state index contributed by atoms with van der Waals surface area (Å²) in [5.74, 6) is -1.22. The van der Waals surface area contributed by atoms with Gasteiger partial charge in [0.15, 0.2) is 5.69 Å². The van der Waals surface area contributed by atoms with Crippen LogP contribution in [0.1, 0.15) is 27.3 Å². The molecule has 0 saturated carbocycles. The largest absolute Gasteiger partial charge is 0.477 e. The maximum atomic E-state index is 12.4. The molecule has 0 saturated heterocycles. The zero-order valence-corrected chi connectivity index (χ0v) is 14.7. The van der Waals surface area contributed by atoms with E-state index in [0.717, 1.165) is 0 Å². The standard InChI is InChI=1S/C18H11Cl2N3O3/c19-9-5-6-13-11(7-9)15(10-3-1-2-4-12(10)20)21-8-14-16(17(24)25)22-18(26)23(13)14/h1-7H,8H2,(H,22,26)(H,24,25). The first-order chi connectivity index (χ1) is 12.5. The smallest absolute Gasteiger partial charge is 0.354 e. The number of imidazole rings is 1. The number of rotatable bonds is 2. The molecule has 3 aromatic rings. The van der Waals surface area contributed by atoms with E-state index in [2.05, 4.69) is 9.98 Å². The number of nitrogens with one attached hydrogen (secondary N) is 1. The number of aromatic amines is 1. The molecule has 0 unspecified atom stereocenters. The number of hydrogen-bond acceptors (Lipinski definition) is 3. The Labute approximate surface area is 157 Å². The van der Waals surface area contributed by atoms with Crippen LogP contribution in [-0.4, -0.2) is 26.3 Å². The minimum atomic E-state index is -1.22. The highest BCUT2D eigenvalue weighted by Crippen LogP contribution is 2.29. The summed E-state index contributed by atoms with van der Waals surface area (Å²) in [4.78, 5) is 30.9. The lowest BCUT2D eigenvalue weighted by Crippen LogP contribution is -2.18. The number of aromatic nitrogens is 2. The molecule has 8 heteroatoms. The molecule has 1 aromatic heterocycles. The van der Waals surface area contributed by atoms with Crippen molar-refractivity contribution in [3.05, 3.63) is 85.5 Å². The topological polar surface area (TPSA) is 87.5 Å². The first kappa shape index (κ1) is 16.6. The van der Waals surface area contributed by atoms with E-state index in [1.54, 1.807) is 30.3 Å². The fourth-order valence-corrected chi connectivity index (χ4v) is 3.46. The monoisotopic (exact) mass is 387 g/mol. The van der Waals surface area contributed by atoms with Gasteiger partial charge in [0.2, 0.25) is 0 Å². The van der Waals surface area contributed by atoms with Crippen molar-refractivity contribution in [3.8, 4) is 5.69 Å². The summed E-state index contributed by atoms with van der Waals surface area (Å²) in [6, 6.07) is 12.2. The van der Waals surface area contributed by atoms with Crippen LogP contribution in [-0.2, 0) is 6.54 Å². The number of benzene rings is 2. The molecule has 130 valence electrons. The van der Waals surface area contributed by atoms with Gasteiger partial charge in [-0.05, 0) is 24.3 Å². The van der Waals surface area contributed by atoms with Gasteiger partial charge in [-0.2, -0.15) is 0 Å². The van der Waals surface area contributed by atoms with Crippen LogP contribution in [0.5, 0.6) is 0 Å². The van der Waals surface area contributed by atoms with Crippen molar-refractivity contribution in [1.82, 2.24) is 9.55 Å². The van der Waals surface area contributed by atoms with E-state index in [1.807, 2.05) is 12.1 Å². The molecule has 1 aliphatic heterocycles. The highest BCUT2D eigenvalue weighted by Gasteiger charge is 2.26. The Kier molecular flexibility index (Phi) is 3.94. The van der Waals surface area contributed by atoms with Crippen LogP contribution in [0.25, 0.3) is 5.69 Å². The predicted octanol–water partition coefficient (Wildman–Crippen LogP) is 3.52. The zero-order chi connectivity index (χ0) is 18.4. The lowest BCUT2D eigenvalue weighted by molar-refractivity contribution is 0.0689.